The lowest BCUT2D eigenvalue weighted by Crippen LogP contribution is -2.35. The Morgan fingerprint density at radius 2 is 2.19 bits per heavy atom. The van der Waals surface area contributed by atoms with Gasteiger partial charge in [-0.1, -0.05) is 18.0 Å². The van der Waals surface area contributed by atoms with Crippen molar-refractivity contribution in [1.29, 1.82) is 0 Å². The van der Waals surface area contributed by atoms with Crippen LogP contribution in [0.2, 0.25) is 5.02 Å². The highest BCUT2D eigenvalue weighted by atomic mass is 35.5. The number of halogens is 1. The largest absolute Gasteiger partial charge is 0.393 e. The molecule has 116 valence electrons. The predicted octanol–water partition coefficient (Wildman–Crippen LogP) is 2.69. The number of carbonyl (C=O) groups is 1. The third kappa shape index (κ3) is 4.25. The van der Waals surface area contributed by atoms with Crippen molar-refractivity contribution in [1.82, 2.24) is 5.32 Å². The Labute approximate surface area is 130 Å². The lowest BCUT2D eigenvalue weighted by molar-refractivity contribution is 0.133. The number of nitrogens with zero attached hydrogens (tertiary/aromatic N) is 1. The van der Waals surface area contributed by atoms with Crippen molar-refractivity contribution in [2.45, 2.75) is 25.4 Å². The quantitative estimate of drug-likeness (QED) is 0.801. The number of aliphatic hydroxyl groups is 1. The van der Waals surface area contributed by atoms with Gasteiger partial charge in [0.25, 0.3) is 0 Å². The molecule has 0 heterocycles. The van der Waals surface area contributed by atoms with Crippen LogP contribution >= 0.6 is 11.6 Å². The van der Waals surface area contributed by atoms with Crippen molar-refractivity contribution in [3.63, 3.8) is 0 Å². The smallest absolute Gasteiger partial charge is 0.319 e. The molecule has 1 aliphatic rings. The maximum atomic E-state index is 12.0. The Bertz CT molecular complexity index is 508. The molecule has 0 unspecified atom stereocenters. The van der Waals surface area contributed by atoms with Crippen LogP contribution in [0.15, 0.2) is 18.2 Å². The molecular formula is C15H22ClN3O2. The molecule has 5 nitrogen and oxygen atoms in total. The zero-order chi connectivity index (χ0) is 15.4. The number of amides is 2. The van der Waals surface area contributed by atoms with Crippen molar-refractivity contribution in [2.75, 3.05) is 30.9 Å². The van der Waals surface area contributed by atoms with Crippen LogP contribution in [0.4, 0.5) is 16.2 Å². The lowest BCUT2D eigenvalue weighted by Gasteiger charge is -2.19. The summed E-state index contributed by atoms with van der Waals surface area (Å²) >= 11 is 5.98. The minimum Gasteiger partial charge on any atom is -0.393 e. The number of urea groups is 1. The molecule has 1 aromatic carbocycles. The van der Waals surface area contributed by atoms with Gasteiger partial charge in [-0.2, -0.15) is 0 Å². The van der Waals surface area contributed by atoms with Gasteiger partial charge in [0, 0.05) is 31.6 Å². The average molecular weight is 312 g/mol. The van der Waals surface area contributed by atoms with E-state index in [1.54, 1.807) is 12.1 Å². The second-order valence-electron chi connectivity index (χ2n) is 5.65. The molecule has 0 radical (unpaired) electrons. The van der Waals surface area contributed by atoms with Gasteiger partial charge in [0.2, 0.25) is 0 Å². The summed E-state index contributed by atoms with van der Waals surface area (Å²) in [5, 5.41) is 16.0. The number of benzene rings is 1. The van der Waals surface area contributed by atoms with Crippen molar-refractivity contribution in [2.24, 2.45) is 5.92 Å². The average Bonchev–Trinajstić information content (AvgIpc) is 2.81. The van der Waals surface area contributed by atoms with Crippen LogP contribution < -0.4 is 15.5 Å². The minimum atomic E-state index is -0.297. The monoisotopic (exact) mass is 311 g/mol. The molecule has 2 atom stereocenters. The second-order valence-corrected chi connectivity index (χ2v) is 6.09. The molecule has 21 heavy (non-hydrogen) atoms. The molecule has 1 aliphatic carbocycles. The van der Waals surface area contributed by atoms with Crippen LogP contribution in [0.1, 0.15) is 19.3 Å². The maximum Gasteiger partial charge on any atom is 0.319 e. The highest BCUT2D eigenvalue weighted by Gasteiger charge is 2.25. The predicted molar refractivity (Wildman–Crippen MR) is 86.1 cm³/mol. The van der Waals surface area contributed by atoms with E-state index in [1.807, 2.05) is 25.1 Å². The standard InChI is InChI=1S/C15H22ClN3O2/c1-19(2)13-7-6-11(16)8-12(13)18-15(21)17-9-10-4-3-5-14(10)20/h6-8,10,14,20H,3-5,9H2,1-2H3,(H2,17,18,21)/t10-,14+/m0/s1. The van der Waals surface area contributed by atoms with Crippen LogP contribution in [0.5, 0.6) is 0 Å². The number of hydrogen-bond acceptors (Lipinski definition) is 3. The molecule has 6 heteroatoms. The van der Waals surface area contributed by atoms with Crippen LogP contribution in [-0.2, 0) is 0 Å². The molecule has 2 rings (SSSR count). The Morgan fingerprint density at radius 1 is 1.43 bits per heavy atom. The molecule has 2 amide bonds. The van der Waals surface area contributed by atoms with Gasteiger partial charge in [-0.05, 0) is 31.0 Å². The first-order valence-electron chi connectivity index (χ1n) is 7.17. The molecule has 0 spiro atoms. The van der Waals surface area contributed by atoms with Gasteiger partial charge >= 0.3 is 6.03 Å². The Hall–Kier alpha value is -1.46. The van der Waals surface area contributed by atoms with E-state index in [4.69, 9.17) is 11.6 Å². The van der Waals surface area contributed by atoms with Gasteiger partial charge in [0.1, 0.15) is 0 Å². The van der Waals surface area contributed by atoms with Gasteiger partial charge in [-0.25, -0.2) is 4.79 Å². The number of carbonyl (C=O) groups excluding carboxylic acids is 1. The highest BCUT2D eigenvalue weighted by molar-refractivity contribution is 6.31. The Kier molecular flexibility index (Phi) is 5.31. The zero-order valence-electron chi connectivity index (χ0n) is 12.4. The third-order valence-corrected chi connectivity index (χ3v) is 4.07. The molecule has 0 saturated heterocycles. The van der Waals surface area contributed by atoms with Crippen LogP contribution in [-0.4, -0.2) is 37.9 Å². The van der Waals surface area contributed by atoms with Crippen molar-refractivity contribution in [3.05, 3.63) is 23.2 Å². The molecule has 0 aliphatic heterocycles. The number of aliphatic hydroxyl groups excluding tert-OH is 1. The van der Waals surface area contributed by atoms with E-state index in [1.165, 1.54) is 0 Å². The minimum absolute atomic E-state index is 0.156. The van der Waals surface area contributed by atoms with Crippen molar-refractivity contribution >= 4 is 29.0 Å². The van der Waals surface area contributed by atoms with E-state index in [-0.39, 0.29) is 18.1 Å². The van der Waals surface area contributed by atoms with E-state index in [0.717, 1.165) is 24.9 Å². The fourth-order valence-corrected chi connectivity index (χ4v) is 2.82. The van der Waals surface area contributed by atoms with Gasteiger partial charge in [-0.15, -0.1) is 0 Å². The maximum absolute atomic E-state index is 12.0. The third-order valence-electron chi connectivity index (χ3n) is 3.83. The SMILES string of the molecule is CN(C)c1ccc(Cl)cc1NC(=O)NC[C@@H]1CCC[C@H]1O. The van der Waals surface area contributed by atoms with Gasteiger partial charge in [0.15, 0.2) is 0 Å². The normalized spacial score (nSPS) is 21.1. The number of hydrogen-bond donors (Lipinski definition) is 3. The van der Waals surface area contributed by atoms with Gasteiger partial charge in [0.05, 0.1) is 17.5 Å². The van der Waals surface area contributed by atoms with Crippen molar-refractivity contribution in [3.8, 4) is 0 Å². The Balaban J connectivity index is 1.94. The molecule has 3 N–H and O–H groups in total. The first-order chi connectivity index (χ1) is 9.97. The summed E-state index contributed by atoms with van der Waals surface area (Å²) in [6, 6.07) is 5.09. The summed E-state index contributed by atoms with van der Waals surface area (Å²) < 4.78 is 0. The second kappa shape index (κ2) is 7.00. The zero-order valence-corrected chi connectivity index (χ0v) is 13.2. The topological polar surface area (TPSA) is 64.6 Å². The summed E-state index contributed by atoms with van der Waals surface area (Å²) in [5.74, 6) is 0.156. The van der Waals surface area contributed by atoms with Crippen LogP contribution in [0.3, 0.4) is 0 Å². The van der Waals surface area contributed by atoms with E-state index < -0.39 is 0 Å². The summed E-state index contributed by atoms with van der Waals surface area (Å²) in [7, 11) is 3.81. The molecule has 1 fully saturated rings. The fraction of sp³-hybridized carbons (Fsp3) is 0.533. The van der Waals surface area contributed by atoms with Crippen molar-refractivity contribution < 1.29 is 9.90 Å². The molecule has 0 aromatic heterocycles. The van der Waals surface area contributed by atoms with Crippen LogP contribution in [0, 0.1) is 5.92 Å². The number of rotatable bonds is 4. The highest BCUT2D eigenvalue weighted by Crippen LogP contribution is 2.28. The summed E-state index contributed by atoms with van der Waals surface area (Å²) in [6.07, 6.45) is 2.51. The summed E-state index contributed by atoms with van der Waals surface area (Å²) in [6.45, 7) is 0.491. The van der Waals surface area contributed by atoms with Gasteiger partial charge < -0.3 is 20.6 Å². The molecular weight excluding hydrogens is 290 g/mol. The molecule has 1 aromatic rings. The van der Waals surface area contributed by atoms with E-state index in [0.29, 0.717) is 17.3 Å². The van der Waals surface area contributed by atoms with E-state index >= 15 is 0 Å². The number of nitrogens with one attached hydrogen (secondary N) is 2. The summed E-state index contributed by atoms with van der Waals surface area (Å²) in [4.78, 5) is 13.9. The fourth-order valence-electron chi connectivity index (χ4n) is 2.64. The first kappa shape index (κ1) is 15.9. The molecule has 1 saturated carbocycles. The number of anilines is 2. The molecule has 0 bridgehead atoms. The Morgan fingerprint density at radius 3 is 2.81 bits per heavy atom. The van der Waals surface area contributed by atoms with E-state index in [9.17, 15) is 9.90 Å². The van der Waals surface area contributed by atoms with Crippen LogP contribution in [0.25, 0.3) is 0 Å². The summed E-state index contributed by atoms with van der Waals surface area (Å²) in [5.41, 5.74) is 1.55. The first-order valence-corrected chi connectivity index (χ1v) is 7.55. The van der Waals surface area contributed by atoms with E-state index in [2.05, 4.69) is 10.6 Å². The lowest BCUT2D eigenvalue weighted by atomic mass is 10.1. The van der Waals surface area contributed by atoms with Gasteiger partial charge in [-0.3, -0.25) is 0 Å².